The SMILES string of the molecule is CCNC(=NCC1CCN(c2ccccc2OC)C1)NC(C)CC.I. The molecule has 0 aliphatic carbocycles. The highest BCUT2D eigenvalue weighted by atomic mass is 127. The Morgan fingerprint density at radius 3 is 2.80 bits per heavy atom. The van der Waals surface area contributed by atoms with Crippen LogP contribution in [0.15, 0.2) is 29.3 Å². The molecule has 0 radical (unpaired) electrons. The quantitative estimate of drug-likeness (QED) is 0.372. The molecule has 2 N–H and O–H groups in total. The number of nitrogens with one attached hydrogen (secondary N) is 2. The van der Waals surface area contributed by atoms with Crippen LogP contribution in [-0.4, -0.2) is 45.3 Å². The molecule has 0 saturated carbocycles. The minimum atomic E-state index is 0. The van der Waals surface area contributed by atoms with Crippen LogP contribution in [-0.2, 0) is 0 Å². The summed E-state index contributed by atoms with van der Waals surface area (Å²) < 4.78 is 5.49. The first-order chi connectivity index (χ1) is 11.7. The Labute approximate surface area is 169 Å². The molecule has 1 aliphatic heterocycles. The molecule has 1 aromatic rings. The van der Waals surface area contributed by atoms with Gasteiger partial charge in [0.25, 0.3) is 0 Å². The van der Waals surface area contributed by atoms with Crippen LogP contribution >= 0.6 is 24.0 Å². The number of ether oxygens (including phenoxy) is 1. The first-order valence-electron chi connectivity index (χ1n) is 9.10. The Balaban J connectivity index is 0.00000312. The Morgan fingerprint density at radius 2 is 2.12 bits per heavy atom. The maximum absolute atomic E-state index is 5.49. The zero-order valence-electron chi connectivity index (χ0n) is 15.9. The third kappa shape index (κ3) is 6.56. The summed E-state index contributed by atoms with van der Waals surface area (Å²) in [6.45, 7) is 10.3. The van der Waals surface area contributed by atoms with E-state index < -0.39 is 0 Å². The van der Waals surface area contributed by atoms with E-state index in [1.807, 2.05) is 12.1 Å². The highest BCUT2D eigenvalue weighted by Crippen LogP contribution is 2.31. The molecule has 1 fully saturated rings. The van der Waals surface area contributed by atoms with Crippen LogP contribution in [0.25, 0.3) is 0 Å². The first kappa shape index (κ1) is 21.9. The normalized spacial score (nSPS) is 18.5. The van der Waals surface area contributed by atoms with Gasteiger partial charge in [0.1, 0.15) is 5.75 Å². The summed E-state index contributed by atoms with van der Waals surface area (Å²) in [5.74, 6) is 2.47. The van der Waals surface area contributed by atoms with Gasteiger partial charge in [0.15, 0.2) is 5.96 Å². The van der Waals surface area contributed by atoms with Gasteiger partial charge < -0.3 is 20.3 Å². The molecule has 1 aliphatic rings. The van der Waals surface area contributed by atoms with Crippen LogP contribution in [0.3, 0.4) is 0 Å². The van der Waals surface area contributed by atoms with Crippen molar-refractivity contribution in [3.8, 4) is 5.75 Å². The number of halogens is 1. The second-order valence-corrected chi connectivity index (χ2v) is 6.45. The highest BCUT2D eigenvalue weighted by molar-refractivity contribution is 14.0. The summed E-state index contributed by atoms with van der Waals surface area (Å²) in [5, 5.41) is 6.80. The van der Waals surface area contributed by atoms with Crippen LogP contribution in [0.5, 0.6) is 5.75 Å². The van der Waals surface area contributed by atoms with Gasteiger partial charge in [0.05, 0.1) is 12.8 Å². The zero-order chi connectivity index (χ0) is 17.4. The van der Waals surface area contributed by atoms with Gasteiger partial charge in [0.2, 0.25) is 0 Å². The Bertz CT molecular complexity index is 538. The number of hydrogen-bond acceptors (Lipinski definition) is 3. The average molecular weight is 460 g/mol. The van der Waals surface area contributed by atoms with Gasteiger partial charge in [-0.2, -0.15) is 0 Å². The van der Waals surface area contributed by atoms with Gasteiger partial charge in [0, 0.05) is 32.2 Å². The topological polar surface area (TPSA) is 48.9 Å². The zero-order valence-corrected chi connectivity index (χ0v) is 18.2. The lowest BCUT2D eigenvalue weighted by Crippen LogP contribution is -2.42. The van der Waals surface area contributed by atoms with Gasteiger partial charge in [-0.3, -0.25) is 4.99 Å². The second kappa shape index (κ2) is 11.4. The number of benzene rings is 1. The van der Waals surface area contributed by atoms with Crippen molar-refractivity contribution in [3.63, 3.8) is 0 Å². The number of hydrogen-bond donors (Lipinski definition) is 2. The molecule has 25 heavy (non-hydrogen) atoms. The van der Waals surface area contributed by atoms with E-state index in [1.165, 1.54) is 12.1 Å². The number of nitrogens with zero attached hydrogens (tertiary/aromatic N) is 2. The van der Waals surface area contributed by atoms with E-state index in [1.54, 1.807) is 7.11 Å². The fraction of sp³-hybridized carbons (Fsp3) is 0.632. The maximum atomic E-state index is 5.49. The van der Waals surface area contributed by atoms with E-state index in [0.717, 1.165) is 44.3 Å². The van der Waals surface area contributed by atoms with Gasteiger partial charge in [-0.1, -0.05) is 19.1 Å². The molecule has 2 unspecified atom stereocenters. The molecule has 5 nitrogen and oxygen atoms in total. The molecule has 2 rings (SSSR count). The predicted molar refractivity (Wildman–Crippen MR) is 118 cm³/mol. The minimum Gasteiger partial charge on any atom is -0.495 e. The molecule has 0 amide bonds. The average Bonchev–Trinajstić information content (AvgIpc) is 3.08. The predicted octanol–water partition coefficient (Wildman–Crippen LogP) is 3.49. The molecule has 2 atom stereocenters. The van der Waals surface area contributed by atoms with Crippen molar-refractivity contribution in [3.05, 3.63) is 24.3 Å². The number of rotatable bonds is 7. The number of methoxy groups -OCH3 is 1. The van der Waals surface area contributed by atoms with E-state index in [9.17, 15) is 0 Å². The summed E-state index contributed by atoms with van der Waals surface area (Å²) in [6, 6.07) is 8.70. The molecule has 0 bridgehead atoms. The van der Waals surface area contributed by atoms with Gasteiger partial charge >= 0.3 is 0 Å². The van der Waals surface area contributed by atoms with Crippen LogP contribution < -0.4 is 20.3 Å². The minimum absolute atomic E-state index is 0. The fourth-order valence-electron chi connectivity index (χ4n) is 2.97. The van der Waals surface area contributed by atoms with Crippen molar-refractivity contribution in [2.24, 2.45) is 10.9 Å². The van der Waals surface area contributed by atoms with Crippen molar-refractivity contribution in [2.45, 2.75) is 39.7 Å². The molecule has 0 spiro atoms. The lowest BCUT2D eigenvalue weighted by molar-refractivity contribution is 0.414. The largest absolute Gasteiger partial charge is 0.495 e. The summed E-state index contributed by atoms with van der Waals surface area (Å²) >= 11 is 0. The Kier molecular flexibility index (Phi) is 10.0. The van der Waals surface area contributed by atoms with E-state index in [2.05, 4.69) is 48.4 Å². The van der Waals surface area contributed by atoms with Crippen LogP contribution in [0.2, 0.25) is 0 Å². The van der Waals surface area contributed by atoms with E-state index in [0.29, 0.717) is 12.0 Å². The summed E-state index contributed by atoms with van der Waals surface area (Å²) in [4.78, 5) is 7.20. The van der Waals surface area contributed by atoms with Crippen molar-refractivity contribution >= 4 is 35.6 Å². The number of para-hydroxylation sites is 2. The first-order valence-corrected chi connectivity index (χ1v) is 9.10. The summed E-state index contributed by atoms with van der Waals surface area (Å²) in [5.41, 5.74) is 1.19. The van der Waals surface area contributed by atoms with Gasteiger partial charge in [-0.15, -0.1) is 24.0 Å². The van der Waals surface area contributed by atoms with E-state index >= 15 is 0 Å². The third-order valence-corrected chi connectivity index (χ3v) is 4.56. The summed E-state index contributed by atoms with van der Waals surface area (Å²) in [6.07, 6.45) is 2.26. The second-order valence-electron chi connectivity index (χ2n) is 6.45. The number of aliphatic imine (C=N–C) groups is 1. The standard InChI is InChI=1S/C19H32N4O.HI/c1-5-15(3)22-19(20-6-2)21-13-16-11-12-23(14-16)17-9-7-8-10-18(17)24-4;/h7-10,15-16H,5-6,11-14H2,1-4H3,(H2,20,21,22);1H. The molecule has 0 aromatic heterocycles. The van der Waals surface area contributed by atoms with Gasteiger partial charge in [-0.05, 0) is 44.7 Å². The van der Waals surface area contributed by atoms with Crippen LogP contribution in [0.4, 0.5) is 5.69 Å². The van der Waals surface area contributed by atoms with Crippen LogP contribution in [0, 0.1) is 5.92 Å². The maximum Gasteiger partial charge on any atom is 0.191 e. The molecular formula is C19H33IN4O. The number of anilines is 1. The van der Waals surface area contributed by atoms with Crippen molar-refractivity contribution in [1.82, 2.24) is 10.6 Å². The lowest BCUT2D eigenvalue weighted by Gasteiger charge is -2.21. The van der Waals surface area contributed by atoms with Crippen LogP contribution in [0.1, 0.15) is 33.6 Å². The Hall–Kier alpha value is -1.18. The highest BCUT2D eigenvalue weighted by Gasteiger charge is 2.24. The molecule has 6 heteroatoms. The fourth-order valence-corrected chi connectivity index (χ4v) is 2.97. The lowest BCUT2D eigenvalue weighted by atomic mass is 10.1. The third-order valence-electron chi connectivity index (χ3n) is 4.56. The smallest absolute Gasteiger partial charge is 0.191 e. The monoisotopic (exact) mass is 460 g/mol. The molecule has 1 saturated heterocycles. The number of guanidine groups is 1. The van der Waals surface area contributed by atoms with E-state index in [-0.39, 0.29) is 24.0 Å². The molecule has 142 valence electrons. The molecule has 1 aromatic carbocycles. The van der Waals surface area contributed by atoms with Crippen molar-refractivity contribution in [2.75, 3.05) is 38.2 Å². The molecular weight excluding hydrogens is 427 g/mol. The van der Waals surface area contributed by atoms with Gasteiger partial charge in [-0.25, -0.2) is 0 Å². The van der Waals surface area contributed by atoms with Crippen molar-refractivity contribution < 1.29 is 4.74 Å². The van der Waals surface area contributed by atoms with E-state index in [4.69, 9.17) is 9.73 Å². The van der Waals surface area contributed by atoms with Crippen molar-refractivity contribution in [1.29, 1.82) is 0 Å². The molecule has 1 heterocycles. The Morgan fingerprint density at radius 1 is 1.36 bits per heavy atom. The summed E-state index contributed by atoms with van der Waals surface area (Å²) in [7, 11) is 1.74.